The van der Waals surface area contributed by atoms with Gasteiger partial charge >= 0.3 is 0 Å². The number of fused-ring (bicyclic) bond motifs is 1. The lowest BCUT2D eigenvalue weighted by molar-refractivity contribution is 0.0942. The summed E-state index contributed by atoms with van der Waals surface area (Å²) in [7, 11) is 1.65. The largest absolute Gasteiger partial charge is 0.385 e. The number of amides is 1. The standard InChI is InChI=1S/C11H15N3O2S/c1-8-9(10(15)12-4-3-6-16-2)14-5-7-17-11(14)13-8/h5,7H,3-4,6H2,1-2H3,(H,12,15). The van der Waals surface area contributed by atoms with E-state index < -0.39 is 0 Å². The number of imidazole rings is 1. The molecule has 5 nitrogen and oxygen atoms in total. The lowest BCUT2D eigenvalue weighted by Crippen LogP contribution is -2.26. The minimum absolute atomic E-state index is 0.0792. The van der Waals surface area contributed by atoms with Crippen LogP contribution in [0.4, 0.5) is 0 Å². The number of thiazole rings is 1. The van der Waals surface area contributed by atoms with E-state index in [4.69, 9.17) is 4.74 Å². The van der Waals surface area contributed by atoms with Crippen molar-refractivity contribution >= 4 is 22.2 Å². The smallest absolute Gasteiger partial charge is 0.270 e. The van der Waals surface area contributed by atoms with E-state index in [0.717, 1.165) is 17.1 Å². The van der Waals surface area contributed by atoms with E-state index in [-0.39, 0.29) is 5.91 Å². The van der Waals surface area contributed by atoms with Crippen molar-refractivity contribution in [2.75, 3.05) is 20.3 Å². The number of carbonyl (C=O) groups is 1. The van der Waals surface area contributed by atoms with Gasteiger partial charge in [0.15, 0.2) is 4.96 Å². The number of methoxy groups -OCH3 is 1. The molecule has 1 N–H and O–H groups in total. The van der Waals surface area contributed by atoms with Gasteiger partial charge < -0.3 is 10.1 Å². The Bertz CT molecular complexity index is 518. The summed E-state index contributed by atoms with van der Waals surface area (Å²) in [4.78, 5) is 17.2. The van der Waals surface area contributed by atoms with E-state index in [0.29, 0.717) is 18.8 Å². The van der Waals surface area contributed by atoms with Crippen molar-refractivity contribution in [1.82, 2.24) is 14.7 Å². The monoisotopic (exact) mass is 253 g/mol. The van der Waals surface area contributed by atoms with Crippen molar-refractivity contribution < 1.29 is 9.53 Å². The highest BCUT2D eigenvalue weighted by Crippen LogP contribution is 2.16. The first-order chi connectivity index (χ1) is 8.24. The second kappa shape index (κ2) is 5.29. The molecule has 0 fully saturated rings. The number of rotatable bonds is 5. The second-order valence-corrected chi connectivity index (χ2v) is 4.58. The van der Waals surface area contributed by atoms with Gasteiger partial charge in [-0.1, -0.05) is 0 Å². The van der Waals surface area contributed by atoms with Gasteiger partial charge in [0.1, 0.15) is 5.69 Å². The highest BCUT2D eigenvalue weighted by molar-refractivity contribution is 7.15. The van der Waals surface area contributed by atoms with Gasteiger partial charge in [-0.2, -0.15) is 0 Å². The normalized spacial score (nSPS) is 10.9. The summed E-state index contributed by atoms with van der Waals surface area (Å²) in [5.41, 5.74) is 1.39. The molecule has 17 heavy (non-hydrogen) atoms. The lowest BCUT2D eigenvalue weighted by atomic mass is 10.3. The van der Waals surface area contributed by atoms with Crippen LogP contribution in [0.1, 0.15) is 22.6 Å². The predicted octanol–water partition coefficient (Wildman–Crippen LogP) is 1.47. The summed E-state index contributed by atoms with van der Waals surface area (Å²) >= 11 is 1.52. The van der Waals surface area contributed by atoms with Gasteiger partial charge in [-0.3, -0.25) is 9.20 Å². The van der Waals surface area contributed by atoms with Gasteiger partial charge in [-0.25, -0.2) is 4.98 Å². The SMILES string of the molecule is COCCCNC(=O)c1c(C)nc2sccn12. The highest BCUT2D eigenvalue weighted by Gasteiger charge is 2.16. The molecule has 0 radical (unpaired) electrons. The number of aryl methyl sites for hydroxylation is 1. The summed E-state index contributed by atoms with van der Waals surface area (Å²) in [5.74, 6) is -0.0792. The Morgan fingerprint density at radius 2 is 2.47 bits per heavy atom. The van der Waals surface area contributed by atoms with Crippen LogP contribution >= 0.6 is 11.3 Å². The molecule has 0 atom stereocenters. The number of hydrogen-bond donors (Lipinski definition) is 1. The van der Waals surface area contributed by atoms with Gasteiger partial charge in [0.2, 0.25) is 0 Å². The van der Waals surface area contributed by atoms with Crippen molar-refractivity contribution in [3.05, 3.63) is 23.0 Å². The minimum Gasteiger partial charge on any atom is -0.385 e. The Balaban J connectivity index is 2.07. The van der Waals surface area contributed by atoms with Gasteiger partial charge in [0.25, 0.3) is 5.91 Å². The Kier molecular flexibility index (Phi) is 3.75. The van der Waals surface area contributed by atoms with Crippen LogP contribution in [-0.4, -0.2) is 35.6 Å². The van der Waals surface area contributed by atoms with Crippen LogP contribution in [0.15, 0.2) is 11.6 Å². The van der Waals surface area contributed by atoms with Crippen molar-refractivity contribution in [1.29, 1.82) is 0 Å². The number of hydrogen-bond acceptors (Lipinski definition) is 4. The summed E-state index contributed by atoms with van der Waals surface area (Å²) in [6.45, 7) is 3.12. The topological polar surface area (TPSA) is 55.6 Å². The van der Waals surface area contributed by atoms with Gasteiger partial charge in [-0.15, -0.1) is 11.3 Å². The molecule has 2 heterocycles. The number of carbonyl (C=O) groups excluding carboxylic acids is 1. The molecule has 0 saturated carbocycles. The van der Waals surface area contributed by atoms with Crippen LogP contribution in [0.25, 0.3) is 4.96 Å². The third-order valence-electron chi connectivity index (χ3n) is 2.46. The first kappa shape index (κ1) is 12.1. The number of aromatic nitrogens is 2. The molecule has 0 spiro atoms. The Hall–Kier alpha value is -1.40. The van der Waals surface area contributed by atoms with Gasteiger partial charge in [-0.05, 0) is 13.3 Å². The number of nitrogens with one attached hydrogen (secondary N) is 1. The molecule has 0 saturated heterocycles. The Labute approximate surface area is 103 Å². The van der Waals surface area contributed by atoms with E-state index in [1.807, 2.05) is 22.9 Å². The van der Waals surface area contributed by atoms with E-state index in [2.05, 4.69) is 10.3 Å². The zero-order valence-electron chi connectivity index (χ0n) is 9.90. The van der Waals surface area contributed by atoms with E-state index >= 15 is 0 Å². The summed E-state index contributed by atoms with van der Waals surface area (Å²) in [6, 6.07) is 0. The molecule has 0 aliphatic heterocycles. The fourth-order valence-electron chi connectivity index (χ4n) is 1.67. The van der Waals surface area contributed by atoms with Gasteiger partial charge in [0, 0.05) is 31.8 Å². The zero-order chi connectivity index (χ0) is 12.3. The molecule has 6 heteroatoms. The molecule has 0 aliphatic rings. The molecule has 0 unspecified atom stereocenters. The maximum atomic E-state index is 12.0. The van der Waals surface area contributed by atoms with Crippen LogP contribution in [-0.2, 0) is 4.74 Å². The predicted molar refractivity (Wildman–Crippen MR) is 66.6 cm³/mol. The van der Waals surface area contributed by atoms with E-state index in [1.165, 1.54) is 11.3 Å². The number of ether oxygens (including phenoxy) is 1. The molecular weight excluding hydrogens is 238 g/mol. The fourth-order valence-corrected chi connectivity index (χ4v) is 2.43. The van der Waals surface area contributed by atoms with Gasteiger partial charge in [0.05, 0.1) is 5.69 Å². The maximum absolute atomic E-state index is 12.0. The molecule has 0 bridgehead atoms. The molecule has 1 amide bonds. The molecule has 0 aliphatic carbocycles. The molecule has 0 aromatic carbocycles. The minimum atomic E-state index is -0.0792. The van der Waals surface area contributed by atoms with E-state index in [1.54, 1.807) is 7.11 Å². The van der Waals surface area contributed by atoms with Crippen LogP contribution in [0.5, 0.6) is 0 Å². The first-order valence-corrected chi connectivity index (χ1v) is 6.31. The summed E-state index contributed by atoms with van der Waals surface area (Å²) < 4.78 is 6.75. The van der Waals surface area contributed by atoms with Crippen molar-refractivity contribution in [3.63, 3.8) is 0 Å². The van der Waals surface area contributed by atoms with Crippen LogP contribution in [0.2, 0.25) is 0 Å². The Morgan fingerprint density at radius 1 is 1.65 bits per heavy atom. The average molecular weight is 253 g/mol. The Morgan fingerprint density at radius 3 is 3.24 bits per heavy atom. The van der Waals surface area contributed by atoms with Crippen molar-refractivity contribution in [2.45, 2.75) is 13.3 Å². The molecular formula is C11H15N3O2S. The van der Waals surface area contributed by atoms with Crippen LogP contribution in [0, 0.1) is 6.92 Å². The third kappa shape index (κ3) is 2.48. The maximum Gasteiger partial charge on any atom is 0.270 e. The van der Waals surface area contributed by atoms with Crippen molar-refractivity contribution in [2.24, 2.45) is 0 Å². The second-order valence-electron chi connectivity index (χ2n) is 3.70. The average Bonchev–Trinajstić information content (AvgIpc) is 2.83. The van der Waals surface area contributed by atoms with E-state index in [9.17, 15) is 4.79 Å². The zero-order valence-corrected chi connectivity index (χ0v) is 10.7. The summed E-state index contributed by atoms with van der Waals surface area (Å²) in [5, 5.41) is 4.79. The quantitative estimate of drug-likeness (QED) is 0.821. The molecule has 92 valence electrons. The van der Waals surface area contributed by atoms with Crippen molar-refractivity contribution in [3.8, 4) is 0 Å². The fraction of sp³-hybridized carbons (Fsp3) is 0.455. The first-order valence-electron chi connectivity index (χ1n) is 5.43. The highest BCUT2D eigenvalue weighted by atomic mass is 32.1. The third-order valence-corrected chi connectivity index (χ3v) is 3.22. The van der Waals surface area contributed by atoms with Crippen LogP contribution < -0.4 is 5.32 Å². The molecule has 2 aromatic heterocycles. The number of nitrogens with zero attached hydrogens (tertiary/aromatic N) is 2. The lowest BCUT2D eigenvalue weighted by Gasteiger charge is -2.04. The molecule has 2 aromatic rings. The van der Waals surface area contributed by atoms with Crippen LogP contribution in [0.3, 0.4) is 0 Å². The summed E-state index contributed by atoms with van der Waals surface area (Å²) in [6.07, 6.45) is 2.68. The molecule has 2 rings (SSSR count).